The summed E-state index contributed by atoms with van der Waals surface area (Å²) < 4.78 is 47.2. The van der Waals surface area contributed by atoms with E-state index in [9.17, 15) is 22.8 Å². The quantitative estimate of drug-likeness (QED) is 0.576. The molecular formula is C23H24F3N3O3. The predicted molar refractivity (Wildman–Crippen MR) is 116 cm³/mol. The van der Waals surface area contributed by atoms with E-state index in [0.29, 0.717) is 18.0 Å². The highest BCUT2D eigenvalue weighted by Crippen LogP contribution is 2.30. The number of para-hydroxylation sites is 2. The van der Waals surface area contributed by atoms with Crippen molar-refractivity contribution in [1.29, 1.82) is 0 Å². The van der Waals surface area contributed by atoms with E-state index in [2.05, 4.69) is 10.3 Å². The average molecular weight is 447 g/mol. The maximum absolute atomic E-state index is 13.6. The summed E-state index contributed by atoms with van der Waals surface area (Å²) in [5, 5.41) is 2.70. The molecule has 0 aliphatic carbocycles. The molecule has 0 saturated heterocycles. The van der Waals surface area contributed by atoms with Crippen LogP contribution in [0.2, 0.25) is 0 Å². The lowest BCUT2D eigenvalue weighted by Gasteiger charge is -2.22. The molecule has 0 radical (unpaired) electrons. The number of nitrogens with zero attached hydrogens (tertiary/aromatic N) is 2. The first-order chi connectivity index (χ1) is 15.1. The molecule has 0 unspecified atom stereocenters. The molecule has 1 amide bonds. The summed E-state index contributed by atoms with van der Waals surface area (Å²) in [7, 11) is 0. The Kier molecular flexibility index (Phi) is 6.57. The molecule has 3 rings (SSSR count). The number of anilines is 1. The van der Waals surface area contributed by atoms with E-state index in [0.717, 1.165) is 15.7 Å². The maximum Gasteiger partial charge on any atom is 0.438 e. The highest BCUT2D eigenvalue weighted by molar-refractivity contribution is 5.96. The molecule has 3 aromatic rings. The highest BCUT2D eigenvalue weighted by Gasteiger charge is 2.39. The Morgan fingerprint density at radius 3 is 2.44 bits per heavy atom. The van der Waals surface area contributed by atoms with Gasteiger partial charge in [-0.25, -0.2) is 4.98 Å². The molecule has 0 bridgehead atoms. The van der Waals surface area contributed by atoms with E-state index in [1.165, 1.54) is 6.07 Å². The van der Waals surface area contributed by atoms with Crippen molar-refractivity contribution in [2.75, 3.05) is 11.9 Å². The first-order valence-corrected chi connectivity index (χ1v) is 10.2. The van der Waals surface area contributed by atoms with E-state index < -0.39 is 29.4 Å². The highest BCUT2D eigenvalue weighted by atomic mass is 19.4. The molecule has 170 valence electrons. The van der Waals surface area contributed by atoms with Crippen molar-refractivity contribution in [2.45, 2.75) is 46.3 Å². The molecule has 0 saturated carbocycles. The molecule has 0 aliphatic heterocycles. The Balaban J connectivity index is 2.19. The SMILES string of the molecule is CCOc1ccccc1NC(=O)[C@@H](CC)n1c(=O)c(C(F)(F)F)nc2cc(C)c(C)cc21. The third-order valence-corrected chi connectivity index (χ3v) is 5.22. The first kappa shape index (κ1) is 23.3. The lowest BCUT2D eigenvalue weighted by atomic mass is 10.1. The minimum Gasteiger partial charge on any atom is -0.492 e. The molecule has 9 heteroatoms. The summed E-state index contributed by atoms with van der Waals surface area (Å²) in [6.07, 6.45) is -4.87. The van der Waals surface area contributed by atoms with Gasteiger partial charge in [-0.1, -0.05) is 19.1 Å². The van der Waals surface area contributed by atoms with Gasteiger partial charge in [0.15, 0.2) is 0 Å². The van der Waals surface area contributed by atoms with Crippen LogP contribution in [-0.2, 0) is 11.0 Å². The van der Waals surface area contributed by atoms with Gasteiger partial charge in [0.05, 0.1) is 23.3 Å². The van der Waals surface area contributed by atoms with Crippen molar-refractivity contribution in [3.05, 3.63) is 63.6 Å². The zero-order valence-corrected chi connectivity index (χ0v) is 18.2. The summed E-state index contributed by atoms with van der Waals surface area (Å²) in [5.41, 5.74) is -0.863. The molecule has 6 nitrogen and oxygen atoms in total. The molecule has 1 N–H and O–H groups in total. The minimum atomic E-state index is -4.96. The van der Waals surface area contributed by atoms with Crippen LogP contribution >= 0.6 is 0 Å². The van der Waals surface area contributed by atoms with Crippen LogP contribution in [0.15, 0.2) is 41.2 Å². The molecule has 0 aliphatic rings. The van der Waals surface area contributed by atoms with Crippen LogP contribution in [0.4, 0.5) is 18.9 Å². The third-order valence-electron chi connectivity index (χ3n) is 5.22. The van der Waals surface area contributed by atoms with Crippen LogP contribution in [0.5, 0.6) is 5.75 Å². The average Bonchev–Trinajstić information content (AvgIpc) is 2.72. The lowest BCUT2D eigenvalue weighted by molar-refractivity contribution is -0.142. The summed E-state index contributed by atoms with van der Waals surface area (Å²) >= 11 is 0. The summed E-state index contributed by atoms with van der Waals surface area (Å²) in [5.74, 6) is -0.201. The Labute approximate surface area is 183 Å². The zero-order chi connectivity index (χ0) is 23.6. The van der Waals surface area contributed by atoms with Crippen LogP contribution in [0.1, 0.15) is 43.1 Å². The van der Waals surface area contributed by atoms with Gasteiger partial charge >= 0.3 is 6.18 Å². The van der Waals surface area contributed by atoms with E-state index in [1.807, 2.05) is 0 Å². The fourth-order valence-electron chi connectivity index (χ4n) is 3.51. The van der Waals surface area contributed by atoms with Crippen molar-refractivity contribution in [3.63, 3.8) is 0 Å². The van der Waals surface area contributed by atoms with Gasteiger partial charge in [0.25, 0.3) is 5.56 Å². The fraction of sp³-hybridized carbons (Fsp3) is 0.348. The number of nitrogens with one attached hydrogen (secondary N) is 1. The van der Waals surface area contributed by atoms with Crippen molar-refractivity contribution in [1.82, 2.24) is 9.55 Å². The predicted octanol–water partition coefficient (Wildman–Crippen LogP) is 5.02. The van der Waals surface area contributed by atoms with Gasteiger partial charge in [-0.2, -0.15) is 13.2 Å². The van der Waals surface area contributed by atoms with Gasteiger partial charge in [-0.3, -0.25) is 14.2 Å². The number of carbonyl (C=O) groups excluding carboxylic acids is 1. The Bertz CT molecular complexity index is 1220. The second kappa shape index (κ2) is 9.02. The molecule has 1 atom stereocenters. The second-order valence-corrected chi connectivity index (χ2v) is 7.40. The van der Waals surface area contributed by atoms with Gasteiger partial charge < -0.3 is 10.1 Å². The van der Waals surface area contributed by atoms with Crippen molar-refractivity contribution < 1.29 is 22.7 Å². The number of aromatic nitrogens is 2. The molecule has 1 heterocycles. The second-order valence-electron chi connectivity index (χ2n) is 7.40. The van der Waals surface area contributed by atoms with E-state index in [4.69, 9.17) is 4.74 Å². The number of hydrogen-bond donors (Lipinski definition) is 1. The number of halogens is 3. The van der Waals surface area contributed by atoms with Gasteiger partial charge in [0.1, 0.15) is 11.8 Å². The smallest absolute Gasteiger partial charge is 0.438 e. The summed E-state index contributed by atoms with van der Waals surface area (Å²) in [6.45, 7) is 7.31. The van der Waals surface area contributed by atoms with Crippen molar-refractivity contribution in [2.24, 2.45) is 0 Å². The molecule has 0 spiro atoms. The topological polar surface area (TPSA) is 73.2 Å². The lowest BCUT2D eigenvalue weighted by Crippen LogP contribution is -2.37. The summed E-state index contributed by atoms with van der Waals surface area (Å²) in [4.78, 5) is 29.7. The molecule has 1 aromatic heterocycles. The molecule has 2 aromatic carbocycles. The fourth-order valence-corrected chi connectivity index (χ4v) is 3.51. The Morgan fingerprint density at radius 1 is 1.16 bits per heavy atom. The largest absolute Gasteiger partial charge is 0.492 e. The van der Waals surface area contributed by atoms with E-state index >= 15 is 0 Å². The molecular weight excluding hydrogens is 423 g/mol. The number of amides is 1. The number of hydrogen-bond acceptors (Lipinski definition) is 4. The van der Waals surface area contributed by atoms with Gasteiger partial charge in [0.2, 0.25) is 11.6 Å². The molecule has 32 heavy (non-hydrogen) atoms. The van der Waals surface area contributed by atoms with Crippen LogP contribution in [0.3, 0.4) is 0 Å². The van der Waals surface area contributed by atoms with E-state index in [1.54, 1.807) is 58.0 Å². The van der Waals surface area contributed by atoms with Crippen molar-refractivity contribution >= 4 is 22.6 Å². The van der Waals surface area contributed by atoms with Crippen LogP contribution in [0, 0.1) is 13.8 Å². The number of alkyl halides is 3. The third kappa shape index (κ3) is 4.46. The van der Waals surface area contributed by atoms with E-state index in [-0.39, 0.29) is 17.5 Å². The van der Waals surface area contributed by atoms with Gasteiger partial charge in [0, 0.05) is 0 Å². The number of benzene rings is 2. The van der Waals surface area contributed by atoms with Crippen LogP contribution < -0.4 is 15.6 Å². The van der Waals surface area contributed by atoms with Gasteiger partial charge in [-0.05, 0) is 62.6 Å². The van der Waals surface area contributed by atoms with Crippen LogP contribution in [0.25, 0.3) is 11.0 Å². The minimum absolute atomic E-state index is 0.000918. The number of ether oxygens (including phenoxy) is 1. The first-order valence-electron chi connectivity index (χ1n) is 10.2. The summed E-state index contributed by atoms with van der Waals surface area (Å²) in [6, 6.07) is 8.61. The number of carbonyl (C=O) groups is 1. The number of aryl methyl sites for hydroxylation is 2. The monoisotopic (exact) mass is 447 g/mol. The molecule has 0 fully saturated rings. The Morgan fingerprint density at radius 2 is 1.81 bits per heavy atom. The normalized spacial score (nSPS) is 12.6. The Hall–Kier alpha value is -3.36. The van der Waals surface area contributed by atoms with Crippen LogP contribution in [-0.4, -0.2) is 22.1 Å². The zero-order valence-electron chi connectivity index (χ0n) is 18.2. The van der Waals surface area contributed by atoms with Crippen molar-refractivity contribution in [3.8, 4) is 5.75 Å². The standard InChI is InChI=1S/C23H24F3N3O3/c1-5-17(21(30)28-15-9-7-8-10-19(15)32-6-2)29-18-12-14(4)13(3)11-16(18)27-20(22(29)31)23(24,25)26/h7-12,17H,5-6H2,1-4H3,(H,28,30)/t17-/m1/s1. The van der Waals surface area contributed by atoms with Gasteiger partial charge in [-0.15, -0.1) is 0 Å². The number of fused-ring (bicyclic) bond motifs is 1. The maximum atomic E-state index is 13.6. The number of rotatable bonds is 6.